The van der Waals surface area contributed by atoms with Crippen LogP contribution in [0, 0.1) is 15.4 Å². The van der Waals surface area contributed by atoms with Gasteiger partial charge in [-0.05, 0) is 53.6 Å². The van der Waals surface area contributed by atoms with Gasteiger partial charge < -0.3 is 10.4 Å². The van der Waals surface area contributed by atoms with Gasteiger partial charge in [-0.15, -0.1) is 0 Å². The summed E-state index contributed by atoms with van der Waals surface area (Å²) in [5.41, 5.74) is 0.728. The smallest absolute Gasteiger partial charge is 0.307 e. The Morgan fingerprint density at radius 1 is 1.21 bits per heavy atom. The fourth-order valence-electron chi connectivity index (χ4n) is 2.54. The predicted molar refractivity (Wildman–Crippen MR) is 80.9 cm³/mol. The molecule has 4 nitrogen and oxygen atoms in total. The molecule has 2 atom stereocenters. The number of carbonyl (C=O) groups excluding carboxylic acids is 1. The van der Waals surface area contributed by atoms with Crippen LogP contribution in [-0.4, -0.2) is 17.0 Å². The average Bonchev–Trinajstić information content (AvgIpc) is 2.38. The molecular weight excluding hydrogens is 357 g/mol. The number of amides is 1. The summed E-state index contributed by atoms with van der Waals surface area (Å²) >= 11 is 2.18. The van der Waals surface area contributed by atoms with Gasteiger partial charge in [-0.25, -0.2) is 0 Å². The second kappa shape index (κ2) is 6.36. The van der Waals surface area contributed by atoms with E-state index in [0.29, 0.717) is 12.8 Å². The monoisotopic (exact) mass is 373 g/mol. The molecule has 0 spiro atoms. The van der Waals surface area contributed by atoms with Crippen LogP contribution in [0.15, 0.2) is 24.3 Å². The number of aliphatic carboxylic acids is 1. The van der Waals surface area contributed by atoms with E-state index in [1.807, 2.05) is 24.3 Å². The number of nitrogens with one attached hydrogen (secondary N) is 1. The Kier molecular flexibility index (Phi) is 4.79. The topological polar surface area (TPSA) is 66.4 Å². The molecule has 0 radical (unpaired) electrons. The lowest BCUT2D eigenvalue weighted by molar-refractivity contribution is -0.147. The SMILES string of the molecule is O=C(O)C1CCCCC1C(=O)Nc1cccc(I)c1. The standard InChI is InChI=1S/C14H16INO3/c15-9-4-3-5-10(8-9)16-13(17)11-6-1-2-7-12(11)14(18)19/h3-5,8,11-12H,1-2,6-7H2,(H,16,17)(H,18,19). The first-order chi connectivity index (χ1) is 9.08. The Hall–Kier alpha value is -1.11. The van der Waals surface area contributed by atoms with Gasteiger partial charge in [0, 0.05) is 9.26 Å². The number of carboxylic acid groups (broad SMARTS) is 1. The van der Waals surface area contributed by atoms with E-state index in [2.05, 4.69) is 27.9 Å². The molecule has 0 aromatic heterocycles. The molecule has 0 bridgehead atoms. The summed E-state index contributed by atoms with van der Waals surface area (Å²) in [6.07, 6.45) is 3.07. The van der Waals surface area contributed by atoms with Crippen molar-refractivity contribution in [1.82, 2.24) is 0 Å². The molecule has 0 heterocycles. The van der Waals surface area contributed by atoms with E-state index in [1.54, 1.807) is 0 Å². The van der Waals surface area contributed by atoms with Gasteiger partial charge in [0.2, 0.25) is 5.91 Å². The van der Waals surface area contributed by atoms with Crippen LogP contribution in [0.1, 0.15) is 25.7 Å². The van der Waals surface area contributed by atoms with Gasteiger partial charge in [0.15, 0.2) is 0 Å². The lowest BCUT2D eigenvalue weighted by Crippen LogP contribution is -2.36. The quantitative estimate of drug-likeness (QED) is 0.801. The first-order valence-corrected chi connectivity index (χ1v) is 7.45. The largest absolute Gasteiger partial charge is 0.481 e. The van der Waals surface area contributed by atoms with Crippen LogP contribution in [0.5, 0.6) is 0 Å². The Morgan fingerprint density at radius 2 is 1.89 bits per heavy atom. The van der Waals surface area contributed by atoms with Crippen molar-refractivity contribution < 1.29 is 14.7 Å². The highest BCUT2D eigenvalue weighted by molar-refractivity contribution is 14.1. The maximum Gasteiger partial charge on any atom is 0.307 e. The van der Waals surface area contributed by atoms with E-state index in [-0.39, 0.29) is 5.91 Å². The summed E-state index contributed by atoms with van der Waals surface area (Å²) in [6, 6.07) is 7.50. The minimum Gasteiger partial charge on any atom is -0.481 e. The van der Waals surface area contributed by atoms with Crippen molar-refractivity contribution in [3.8, 4) is 0 Å². The molecule has 1 aliphatic carbocycles. The maximum absolute atomic E-state index is 12.2. The third-order valence-electron chi connectivity index (χ3n) is 3.51. The molecule has 2 unspecified atom stereocenters. The molecule has 1 saturated carbocycles. The molecule has 1 amide bonds. The summed E-state index contributed by atoms with van der Waals surface area (Å²) in [4.78, 5) is 23.4. The summed E-state index contributed by atoms with van der Waals surface area (Å²) in [6.45, 7) is 0. The van der Waals surface area contributed by atoms with Crippen LogP contribution in [0.4, 0.5) is 5.69 Å². The van der Waals surface area contributed by atoms with Gasteiger partial charge in [-0.2, -0.15) is 0 Å². The molecule has 102 valence electrons. The van der Waals surface area contributed by atoms with Gasteiger partial charge in [-0.1, -0.05) is 18.9 Å². The molecule has 1 aliphatic rings. The Morgan fingerprint density at radius 3 is 2.53 bits per heavy atom. The van der Waals surface area contributed by atoms with E-state index >= 15 is 0 Å². The fraction of sp³-hybridized carbons (Fsp3) is 0.429. The van der Waals surface area contributed by atoms with E-state index in [1.165, 1.54) is 0 Å². The maximum atomic E-state index is 12.2. The summed E-state index contributed by atoms with van der Waals surface area (Å²) < 4.78 is 1.04. The number of anilines is 1. The van der Waals surface area contributed by atoms with Crippen molar-refractivity contribution in [2.45, 2.75) is 25.7 Å². The van der Waals surface area contributed by atoms with Gasteiger partial charge in [0.1, 0.15) is 0 Å². The highest BCUT2D eigenvalue weighted by atomic mass is 127. The first kappa shape index (κ1) is 14.3. The number of hydrogen-bond donors (Lipinski definition) is 2. The van der Waals surface area contributed by atoms with Gasteiger partial charge in [-0.3, -0.25) is 9.59 Å². The van der Waals surface area contributed by atoms with Crippen molar-refractivity contribution in [3.63, 3.8) is 0 Å². The number of halogens is 1. The van der Waals surface area contributed by atoms with E-state index in [4.69, 9.17) is 0 Å². The van der Waals surface area contributed by atoms with Crippen molar-refractivity contribution >= 4 is 40.2 Å². The van der Waals surface area contributed by atoms with Gasteiger partial charge >= 0.3 is 5.97 Å². The first-order valence-electron chi connectivity index (χ1n) is 6.37. The molecular formula is C14H16INO3. The van der Waals surface area contributed by atoms with E-state index in [0.717, 1.165) is 22.1 Å². The van der Waals surface area contributed by atoms with E-state index in [9.17, 15) is 14.7 Å². The summed E-state index contributed by atoms with van der Waals surface area (Å²) in [5.74, 6) is -1.99. The lowest BCUT2D eigenvalue weighted by Gasteiger charge is -2.27. The number of carbonyl (C=O) groups is 2. The van der Waals surface area contributed by atoms with Crippen molar-refractivity contribution in [2.75, 3.05) is 5.32 Å². The van der Waals surface area contributed by atoms with Crippen LogP contribution < -0.4 is 5.32 Å². The zero-order valence-electron chi connectivity index (χ0n) is 10.4. The molecule has 2 N–H and O–H groups in total. The third kappa shape index (κ3) is 3.68. The average molecular weight is 373 g/mol. The zero-order chi connectivity index (χ0) is 13.8. The predicted octanol–water partition coefficient (Wildman–Crippen LogP) is 3.12. The second-order valence-electron chi connectivity index (χ2n) is 4.84. The number of hydrogen-bond acceptors (Lipinski definition) is 2. The van der Waals surface area contributed by atoms with Gasteiger partial charge in [0.25, 0.3) is 0 Å². The van der Waals surface area contributed by atoms with Crippen LogP contribution in [0.25, 0.3) is 0 Å². The second-order valence-corrected chi connectivity index (χ2v) is 6.08. The van der Waals surface area contributed by atoms with E-state index < -0.39 is 17.8 Å². The Balaban J connectivity index is 2.07. The molecule has 1 aromatic carbocycles. The lowest BCUT2D eigenvalue weighted by atomic mass is 9.78. The van der Waals surface area contributed by atoms with Crippen LogP contribution in [0.2, 0.25) is 0 Å². The van der Waals surface area contributed by atoms with Gasteiger partial charge in [0.05, 0.1) is 11.8 Å². The highest BCUT2D eigenvalue weighted by Crippen LogP contribution is 2.31. The molecule has 1 aromatic rings. The van der Waals surface area contributed by atoms with Crippen LogP contribution in [-0.2, 0) is 9.59 Å². The Bertz CT molecular complexity index is 489. The highest BCUT2D eigenvalue weighted by Gasteiger charge is 2.35. The Labute approximate surface area is 125 Å². The normalized spacial score (nSPS) is 22.8. The molecule has 5 heteroatoms. The van der Waals surface area contributed by atoms with Crippen molar-refractivity contribution in [2.24, 2.45) is 11.8 Å². The molecule has 0 aliphatic heterocycles. The van der Waals surface area contributed by atoms with Crippen molar-refractivity contribution in [3.05, 3.63) is 27.8 Å². The minimum absolute atomic E-state index is 0.172. The summed E-state index contributed by atoms with van der Waals surface area (Å²) in [7, 11) is 0. The van der Waals surface area contributed by atoms with Crippen LogP contribution >= 0.6 is 22.6 Å². The molecule has 2 rings (SSSR count). The minimum atomic E-state index is -0.859. The van der Waals surface area contributed by atoms with Crippen LogP contribution in [0.3, 0.4) is 0 Å². The third-order valence-corrected chi connectivity index (χ3v) is 4.18. The molecule has 1 fully saturated rings. The summed E-state index contributed by atoms with van der Waals surface area (Å²) in [5, 5.41) is 12.0. The zero-order valence-corrected chi connectivity index (χ0v) is 12.6. The number of rotatable bonds is 3. The number of benzene rings is 1. The number of carboxylic acids is 1. The van der Waals surface area contributed by atoms with Crippen molar-refractivity contribution in [1.29, 1.82) is 0 Å². The molecule has 0 saturated heterocycles. The molecule has 19 heavy (non-hydrogen) atoms. The fourth-order valence-corrected chi connectivity index (χ4v) is 3.08.